The highest BCUT2D eigenvalue weighted by molar-refractivity contribution is 5.91. The fourth-order valence-corrected chi connectivity index (χ4v) is 2.57. The number of rotatable bonds is 1. The molecule has 5 nitrogen and oxygen atoms in total. The summed E-state index contributed by atoms with van der Waals surface area (Å²) in [6.45, 7) is 0.549. The number of nitrogens with zero attached hydrogens (tertiary/aromatic N) is 2. The third-order valence-corrected chi connectivity index (χ3v) is 3.46. The molecular weight excluding hydrogens is 256 g/mol. The molecule has 4 rings (SSSR count). The Morgan fingerprint density at radius 2 is 2.10 bits per heavy atom. The molecule has 1 aliphatic rings. The Kier molecular flexibility index (Phi) is 2.39. The second kappa shape index (κ2) is 4.23. The normalized spacial score (nSPS) is 13.2. The number of fused-ring (bicyclic) bond motifs is 5. The summed E-state index contributed by atoms with van der Waals surface area (Å²) >= 11 is 0. The topological polar surface area (TPSA) is 57.4 Å². The van der Waals surface area contributed by atoms with Gasteiger partial charge in [0.15, 0.2) is 11.5 Å². The molecule has 0 aliphatic carbocycles. The van der Waals surface area contributed by atoms with Crippen molar-refractivity contribution < 1.29 is 13.9 Å². The predicted molar refractivity (Wildman–Crippen MR) is 73.0 cm³/mol. The Bertz CT molecular complexity index is 795. The monoisotopic (exact) mass is 268 g/mol. The maximum atomic E-state index is 5.93. The summed E-state index contributed by atoms with van der Waals surface area (Å²) in [5, 5.41) is 0.966. The molecule has 0 unspecified atom stereocenters. The molecule has 0 bridgehead atoms. The average Bonchev–Trinajstić information content (AvgIpc) is 2.76. The maximum absolute atomic E-state index is 5.93. The van der Waals surface area contributed by atoms with Crippen LogP contribution in [0.25, 0.3) is 22.4 Å². The number of para-hydroxylation sites is 1. The van der Waals surface area contributed by atoms with E-state index in [-0.39, 0.29) is 0 Å². The van der Waals surface area contributed by atoms with Gasteiger partial charge in [0, 0.05) is 12.0 Å². The molecule has 0 N–H and O–H groups in total. The molecular formula is C15H12N2O3. The van der Waals surface area contributed by atoms with Gasteiger partial charge in [0.05, 0.1) is 19.1 Å². The molecule has 100 valence electrons. The lowest BCUT2D eigenvalue weighted by Gasteiger charge is -2.07. The first-order valence-electron chi connectivity index (χ1n) is 6.41. The van der Waals surface area contributed by atoms with Gasteiger partial charge in [-0.1, -0.05) is 12.1 Å². The smallest absolute Gasteiger partial charge is 0.220 e. The predicted octanol–water partition coefficient (Wildman–Crippen LogP) is 2.83. The van der Waals surface area contributed by atoms with Crippen molar-refractivity contribution in [3.8, 4) is 23.1 Å². The van der Waals surface area contributed by atoms with E-state index in [9.17, 15) is 0 Å². The standard InChI is InChI=1S/C15H12N2O3/c1-18-15-10-6-7-19-13-9-4-2-3-5-11(9)20-14(13)12(10)16-8-17-15/h2-5,8H,6-7H2,1H3. The Morgan fingerprint density at radius 1 is 1.20 bits per heavy atom. The van der Waals surface area contributed by atoms with Gasteiger partial charge in [-0.3, -0.25) is 0 Å². The lowest BCUT2D eigenvalue weighted by atomic mass is 10.1. The van der Waals surface area contributed by atoms with Crippen LogP contribution >= 0.6 is 0 Å². The van der Waals surface area contributed by atoms with E-state index in [1.165, 1.54) is 6.33 Å². The van der Waals surface area contributed by atoms with Gasteiger partial charge in [-0.15, -0.1) is 0 Å². The molecule has 1 aromatic carbocycles. The van der Waals surface area contributed by atoms with Gasteiger partial charge in [0.2, 0.25) is 5.88 Å². The highest BCUT2D eigenvalue weighted by Crippen LogP contribution is 2.43. The molecule has 0 saturated heterocycles. The second-order valence-electron chi connectivity index (χ2n) is 4.57. The molecule has 20 heavy (non-hydrogen) atoms. The molecule has 2 aromatic heterocycles. The average molecular weight is 268 g/mol. The van der Waals surface area contributed by atoms with Crippen LogP contribution in [0, 0.1) is 0 Å². The van der Waals surface area contributed by atoms with E-state index in [1.54, 1.807) is 7.11 Å². The molecule has 1 aliphatic heterocycles. The van der Waals surface area contributed by atoms with E-state index in [4.69, 9.17) is 13.9 Å². The Hall–Kier alpha value is -2.56. The Balaban J connectivity index is 2.05. The summed E-state index contributed by atoms with van der Waals surface area (Å²) in [6.07, 6.45) is 2.18. The third-order valence-electron chi connectivity index (χ3n) is 3.46. The Morgan fingerprint density at radius 3 is 3.00 bits per heavy atom. The van der Waals surface area contributed by atoms with Crippen molar-refractivity contribution in [2.45, 2.75) is 6.42 Å². The zero-order valence-electron chi connectivity index (χ0n) is 10.9. The van der Waals surface area contributed by atoms with E-state index in [0.717, 1.165) is 28.0 Å². The first-order valence-corrected chi connectivity index (χ1v) is 6.41. The van der Waals surface area contributed by atoms with Crippen LogP contribution in [0.5, 0.6) is 11.6 Å². The van der Waals surface area contributed by atoms with E-state index >= 15 is 0 Å². The molecule has 0 atom stereocenters. The second-order valence-corrected chi connectivity index (χ2v) is 4.57. The number of furan rings is 1. The van der Waals surface area contributed by atoms with Crippen molar-refractivity contribution in [1.29, 1.82) is 0 Å². The van der Waals surface area contributed by atoms with E-state index in [2.05, 4.69) is 9.97 Å². The summed E-state index contributed by atoms with van der Waals surface area (Å²) in [5.41, 5.74) is 2.47. The van der Waals surface area contributed by atoms with Crippen LogP contribution in [0.3, 0.4) is 0 Å². The molecule has 0 saturated carbocycles. The number of aromatic nitrogens is 2. The molecule has 3 aromatic rings. The lowest BCUT2D eigenvalue weighted by molar-refractivity contribution is 0.323. The maximum Gasteiger partial charge on any atom is 0.220 e. The zero-order valence-corrected chi connectivity index (χ0v) is 10.9. The number of benzene rings is 1. The van der Waals surface area contributed by atoms with Crippen molar-refractivity contribution in [1.82, 2.24) is 9.97 Å². The summed E-state index contributed by atoms with van der Waals surface area (Å²) in [5.74, 6) is 1.98. The minimum Gasteiger partial charge on any atom is -0.488 e. The van der Waals surface area contributed by atoms with Gasteiger partial charge in [-0.2, -0.15) is 0 Å². The first-order chi connectivity index (χ1) is 9.88. The number of ether oxygens (including phenoxy) is 2. The van der Waals surface area contributed by atoms with Gasteiger partial charge in [-0.25, -0.2) is 9.97 Å². The minimum atomic E-state index is 0.549. The van der Waals surface area contributed by atoms with Gasteiger partial charge in [0.1, 0.15) is 17.6 Å². The van der Waals surface area contributed by atoms with E-state index in [1.807, 2.05) is 24.3 Å². The summed E-state index contributed by atoms with van der Waals surface area (Å²) in [7, 11) is 1.61. The molecule has 0 amide bonds. The molecule has 0 fully saturated rings. The third kappa shape index (κ3) is 1.49. The fraction of sp³-hybridized carbons (Fsp3) is 0.200. The molecule has 0 radical (unpaired) electrons. The van der Waals surface area contributed by atoms with E-state index < -0.39 is 0 Å². The van der Waals surface area contributed by atoms with E-state index in [0.29, 0.717) is 24.7 Å². The van der Waals surface area contributed by atoms with Crippen LogP contribution in [0.2, 0.25) is 0 Å². The van der Waals surface area contributed by atoms with Crippen LogP contribution in [0.15, 0.2) is 35.0 Å². The zero-order chi connectivity index (χ0) is 13.5. The largest absolute Gasteiger partial charge is 0.488 e. The van der Waals surface area contributed by atoms with Gasteiger partial charge >= 0.3 is 0 Å². The van der Waals surface area contributed by atoms with Crippen LogP contribution in [-0.2, 0) is 6.42 Å². The molecule has 5 heteroatoms. The summed E-state index contributed by atoms with van der Waals surface area (Å²) in [4.78, 5) is 8.51. The van der Waals surface area contributed by atoms with Crippen molar-refractivity contribution >= 4 is 11.0 Å². The number of hydrogen-bond donors (Lipinski definition) is 0. The van der Waals surface area contributed by atoms with Gasteiger partial charge in [-0.05, 0) is 12.1 Å². The van der Waals surface area contributed by atoms with Crippen LogP contribution in [-0.4, -0.2) is 23.7 Å². The molecule has 3 heterocycles. The van der Waals surface area contributed by atoms with Gasteiger partial charge in [0.25, 0.3) is 0 Å². The highest BCUT2D eigenvalue weighted by Gasteiger charge is 2.26. The van der Waals surface area contributed by atoms with Crippen molar-refractivity contribution in [3.05, 3.63) is 36.2 Å². The summed E-state index contributed by atoms with van der Waals surface area (Å²) < 4.78 is 17.1. The van der Waals surface area contributed by atoms with Crippen LogP contribution in [0.1, 0.15) is 5.56 Å². The van der Waals surface area contributed by atoms with Crippen molar-refractivity contribution in [3.63, 3.8) is 0 Å². The SMILES string of the molecule is COc1ncnc2c1CCOc1c-2oc2ccccc12. The van der Waals surface area contributed by atoms with Crippen LogP contribution in [0.4, 0.5) is 0 Å². The number of methoxy groups -OCH3 is 1. The number of hydrogen-bond acceptors (Lipinski definition) is 5. The van der Waals surface area contributed by atoms with Gasteiger partial charge < -0.3 is 13.9 Å². The quantitative estimate of drug-likeness (QED) is 0.679. The highest BCUT2D eigenvalue weighted by atomic mass is 16.5. The summed E-state index contributed by atoms with van der Waals surface area (Å²) in [6, 6.07) is 7.81. The van der Waals surface area contributed by atoms with Crippen LogP contribution < -0.4 is 9.47 Å². The fourth-order valence-electron chi connectivity index (χ4n) is 2.57. The first kappa shape index (κ1) is 11.3. The molecule has 0 spiro atoms. The van der Waals surface area contributed by atoms with Crippen molar-refractivity contribution in [2.24, 2.45) is 0 Å². The lowest BCUT2D eigenvalue weighted by Crippen LogP contribution is -2.03. The van der Waals surface area contributed by atoms with Crippen molar-refractivity contribution in [2.75, 3.05) is 13.7 Å². The minimum absolute atomic E-state index is 0.549. The Labute approximate surface area is 115 Å².